The van der Waals surface area contributed by atoms with Crippen LogP contribution in [0.25, 0.3) is 0 Å². The number of aromatic nitrogens is 2. The third kappa shape index (κ3) is 6.62. The van der Waals surface area contributed by atoms with E-state index in [0.29, 0.717) is 11.6 Å². The molecular formula is C23H29N3O4S. The number of sulfone groups is 1. The SMILES string of the molecule is CCc1ccc(Oc2nc(C3CCCC3)ncc2C(=O)NC(C)C=CS(C)(=O)=O)cc1. The summed E-state index contributed by atoms with van der Waals surface area (Å²) in [5, 5.41) is 3.83. The van der Waals surface area contributed by atoms with Crippen molar-refractivity contribution in [3.8, 4) is 11.6 Å². The third-order valence-electron chi connectivity index (χ3n) is 5.26. The number of aryl methyl sites for hydroxylation is 1. The van der Waals surface area contributed by atoms with Crippen molar-refractivity contribution < 1.29 is 17.9 Å². The molecule has 1 atom stereocenters. The molecule has 3 rings (SSSR count). The lowest BCUT2D eigenvalue weighted by Crippen LogP contribution is -2.31. The lowest BCUT2D eigenvalue weighted by molar-refractivity contribution is 0.0943. The summed E-state index contributed by atoms with van der Waals surface area (Å²) in [5.74, 6) is 1.34. The Labute approximate surface area is 183 Å². The molecule has 1 aliphatic carbocycles. The number of nitrogens with zero attached hydrogens (tertiary/aromatic N) is 2. The number of nitrogens with one attached hydrogen (secondary N) is 1. The number of hydrogen-bond acceptors (Lipinski definition) is 6. The van der Waals surface area contributed by atoms with Crippen molar-refractivity contribution in [2.24, 2.45) is 0 Å². The van der Waals surface area contributed by atoms with Gasteiger partial charge in [0.05, 0.1) is 0 Å². The van der Waals surface area contributed by atoms with Gasteiger partial charge in [-0.2, -0.15) is 4.98 Å². The van der Waals surface area contributed by atoms with Crippen molar-refractivity contribution in [2.45, 2.75) is 57.9 Å². The van der Waals surface area contributed by atoms with E-state index in [0.717, 1.165) is 43.8 Å². The molecule has 1 heterocycles. The van der Waals surface area contributed by atoms with E-state index < -0.39 is 21.8 Å². The number of benzene rings is 1. The average molecular weight is 444 g/mol. The monoisotopic (exact) mass is 443 g/mol. The molecule has 0 saturated heterocycles. The maximum absolute atomic E-state index is 12.9. The zero-order valence-electron chi connectivity index (χ0n) is 18.2. The van der Waals surface area contributed by atoms with Crippen LogP contribution in [0, 0.1) is 0 Å². The van der Waals surface area contributed by atoms with E-state index in [1.807, 2.05) is 24.3 Å². The molecule has 0 aliphatic heterocycles. The predicted octanol–water partition coefficient (Wildman–Crippen LogP) is 4.17. The Kier molecular flexibility index (Phi) is 7.43. The highest BCUT2D eigenvalue weighted by Gasteiger charge is 2.24. The highest BCUT2D eigenvalue weighted by molar-refractivity contribution is 7.93. The topological polar surface area (TPSA) is 98.2 Å². The van der Waals surface area contributed by atoms with Gasteiger partial charge >= 0.3 is 0 Å². The Morgan fingerprint density at radius 2 is 1.94 bits per heavy atom. The van der Waals surface area contributed by atoms with Crippen LogP contribution in [0.4, 0.5) is 0 Å². The molecule has 1 aromatic carbocycles. The Balaban J connectivity index is 1.86. The fourth-order valence-electron chi connectivity index (χ4n) is 3.49. The summed E-state index contributed by atoms with van der Waals surface area (Å²) in [4.78, 5) is 21.9. The van der Waals surface area contributed by atoms with E-state index in [9.17, 15) is 13.2 Å². The Morgan fingerprint density at radius 3 is 2.55 bits per heavy atom. The van der Waals surface area contributed by atoms with Crippen LogP contribution in [-0.4, -0.2) is 36.6 Å². The average Bonchev–Trinajstić information content (AvgIpc) is 3.27. The number of ether oxygens (including phenoxy) is 1. The van der Waals surface area contributed by atoms with Crippen molar-refractivity contribution in [1.29, 1.82) is 0 Å². The van der Waals surface area contributed by atoms with E-state index in [1.165, 1.54) is 17.8 Å². The van der Waals surface area contributed by atoms with Gasteiger partial charge in [-0.15, -0.1) is 0 Å². The van der Waals surface area contributed by atoms with Gasteiger partial charge in [-0.05, 0) is 43.9 Å². The van der Waals surface area contributed by atoms with Gasteiger partial charge in [0.25, 0.3) is 5.91 Å². The van der Waals surface area contributed by atoms with Crippen molar-refractivity contribution >= 4 is 15.7 Å². The minimum absolute atomic E-state index is 0.206. The standard InChI is InChI=1S/C23H29N3O4S/c1-4-17-9-11-19(12-10-17)30-23-20(15-24-21(26-23)18-7-5-6-8-18)22(27)25-16(2)13-14-31(3,28)29/h9-16,18H,4-8H2,1-3H3,(H,25,27). The van der Waals surface area contributed by atoms with Crippen LogP contribution in [0.15, 0.2) is 41.9 Å². The van der Waals surface area contributed by atoms with Gasteiger partial charge < -0.3 is 10.1 Å². The number of carbonyl (C=O) groups is 1. The highest BCUT2D eigenvalue weighted by Crippen LogP contribution is 2.34. The second-order valence-electron chi connectivity index (χ2n) is 7.95. The van der Waals surface area contributed by atoms with Crippen LogP contribution >= 0.6 is 0 Å². The van der Waals surface area contributed by atoms with Crippen LogP contribution in [-0.2, 0) is 16.3 Å². The zero-order chi connectivity index (χ0) is 22.4. The molecule has 7 nitrogen and oxygen atoms in total. The Bertz CT molecular complexity index is 1040. The fraction of sp³-hybridized carbons (Fsp3) is 0.435. The summed E-state index contributed by atoms with van der Waals surface area (Å²) >= 11 is 0. The van der Waals surface area contributed by atoms with Crippen molar-refractivity contribution in [1.82, 2.24) is 15.3 Å². The number of rotatable bonds is 8. The van der Waals surface area contributed by atoms with Gasteiger partial charge in [-0.3, -0.25) is 4.79 Å². The van der Waals surface area contributed by atoms with E-state index in [-0.39, 0.29) is 17.4 Å². The van der Waals surface area contributed by atoms with Gasteiger partial charge in [0.1, 0.15) is 17.1 Å². The maximum atomic E-state index is 12.9. The Morgan fingerprint density at radius 1 is 1.26 bits per heavy atom. The largest absolute Gasteiger partial charge is 0.438 e. The number of amides is 1. The van der Waals surface area contributed by atoms with Crippen molar-refractivity contribution in [2.75, 3.05) is 6.26 Å². The second-order valence-corrected chi connectivity index (χ2v) is 9.88. The van der Waals surface area contributed by atoms with Gasteiger partial charge in [-0.1, -0.05) is 38.0 Å². The summed E-state index contributed by atoms with van der Waals surface area (Å²) in [5.41, 5.74) is 1.40. The smallest absolute Gasteiger partial charge is 0.258 e. The molecule has 1 amide bonds. The normalized spacial score (nSPS) is 15.8. The van der Waals surface area contributed by atoms with Crippen LogP contribution < -0.4 is 10.1 Å². The molecule has 0 bridgehead atoms. The molecule has 8 heteroatoms. The molecule has 1 aromatic heterocycles. The first kappa shape index (κ1) is 22.9. The Hall–Kier alpha value is -2.74. The van der Waals surface area contributed by atoms with Crippen molar-refractivity contribution in [3.05, 3.63) is 58.9 Å². The molecule has 31 heavy (non-hydrogen) atoms. The third-order valence-corrected chi connectivity index (χ3v) is 5.91. The first-order valence-corrected chi connectivity index (χ1v) is 12.5. The minimum atomic E-state index is -3.27. The van der Waals surface area contributed by atoms with E-state index in [2.05, 4.69) is 22.2 Å². The fourth-order valence-corrected chi connectivity index (χ4v) is 4.01. The van der Waals surface area contributed by atoms with Crippen LogP contribution in [0.1, 0.15) is 67.2 Å². The summed E-state index contributed by atoms with van der Waals surface area (Å²) in [6.07, 6.45) is 9.30. The van der Waals surface area contributed by atoms with Gasteiger partial charge in [0.2, 0.25) is 5.88 Å². The summed E-state index contributed by atoms with van der Waals surface area (Å²) in [6.45, 7) is 3.77. The van der Waals surface area contributed by atoms with Crippen LogP contribution in [0.5, 0.6) is 11.6 Å². The number of hydrogen-bond donors (Lipinski definition) is 1. The van der Waals surface area contributed by atoms with E-state index >= 15 is 0 Å². The molecule has 1 saturated carbocycles. The zero-order valence-corrected chi connectivity index (χ0v) is 19.0. The summed E-state index contributed by atoms with van der Waals surface area (Å²) in [6, 6.07) is 7.18. The van der Waals surface area contributed by atoms with Crippen LogP contribution in [0.2, 0.25) is 0 Å². The quantitative estimate of drug-likeness (QED) is 0.658. The molecular weight excluding hydrogens is 414 g/mol. The molecule has 0 radical (unpaired) electrons. The summed E-state index contributed by atoms with van der Waals surface area (Å²) < 4.78 is 28.6. The molecule has 166 valence electrons. The molecule has 0 spiro atoms. The molecule has 1 aliphatic rings. The minimum Gasteiger partial charge on any atom is -0.438 e. The first-order chi connectivity index (χ1) is 14.7. The van der Waals surface area contributed by atoms with Gasteiger partial charge in [0.15, 0.2) is 9.84 Å². The lowest BCUT2D eigenvalue weighted by atomic mass is 10.1. The molecule has 1 fully saturated rings. The maximum Gasteiger partial charge on any atom is 0.258 e. The first-order valence-electron chi connectivity index (χ1n) is 10.6. The molecule has 1 N–H and O–H groups in total. The van der Waals surface area contributed by atoms with E-state index in [1.54, 1.807) is 6.92 Å². The van der Waals surface area contributed by atoms with Crippen molar-refractivity contribution in [3.63, 3.8) is 0 Å². The summed E-state index contributed by atoms with van der Waals surface area (Å²) in [7, 11) is -3.27. The molecule has 1 unspecified atom stereocenters. The van der Waals surface area contributed by atoms with Crippen LogP contribution in [0.3, 0.4) is 0 Å². The molecule has 2 aromatic rings. The van der Waals surface area contributed by atoms with E-state index in [4.69, 9.17) is 4.74 Å². The van der Waals surface area contributed by atoms with Gasteiger partial charge in [-0.25, -0.2) is 13.4 Å². The van der Waals surface area contributed by atoms with Gasteiger partial charge in [0, 0.05) is 29.8 Å². The predicted molar refractivity (Wildman–Crippen MR) is 120 cm³/mol. The second kappa shape index (κ2) is 10.0. The lowest BCUT2D eigenvalue weighted by Gasteiger charge is -2.15. The highest BCUT2D eigenvalue weighted by atomic mass is 32.2. The number of carbonyl (C=O) groups excluding carboxylic acids is 1.